The number of amides is 1. The Morgan fingerprint density at radius 1 is 1.28 bits per heavy atom. The summed E-state index contributed by atoms with van der Waals surface area (Å²) in [6, 6.07) is 7.68. The number of imidazole rings is 1. The van der Waals surface area contributed by atoms with E-state index in [1.54, 1.807) is 19.2 Å². The van der Waals surface area contributed by atoms with Gasteiger partial charge in [0, 0.05) is 62.5 Å². The van der Waals surface area contributed by atoms with Crippen LogP contribution in [0.25, 0.3) is 16.9 Å². The largest absolute Gasteiger partial charge is 0.495 e. The first-order chi connectivity index (χ1) is 15.4. The zero-order valence-electron chi connectivity index (χ0n) is 18.4. The number of hydrogen-bond acceptors (Lipinski definition) is 6. The standard InChI is InChI=1S/C23H27ClN4O4/c1-15-11-26(6-7-28(15)23(30)14-31-2)17-4-5-27-12-20(25-22(27)9-17)18-10-19(24)21(32-3)8-16(18)13-29/h4-5,8-10,12,15,29H,6-7,11,13-14H2,1-3H3. The molecule has 170 valence electrons. The summed E-state index contributed by atoms with van der Waals surface area (Å²) in [5, 5.41) is 10.3. The van der Waals surface area contributed by atoms with E-state index >= 15 is 0 Å². The van der Waals surface area contributed by atoms with Gasteiger partial charge in [-0.15, -0.1) is 0 Å². The molecule has 9 heteroatoms. The number of aliphatic hydroxyl groups is 1. The van der Waals surface area contributed by atoms with Gasteiger partial charge in [0.1, 0.15) is 18.0 Å². The van der Waals surface area contributed by atoms with Crippen molar-refractivity contribution in [3.63, 3.8) is 0 Å². The Morgan fingerprint density at radius 2 is 2.09 bits per heavy atom. The Hall–Kier alpha value is -2.81. The second kappa shape index (κ2) is 9.36. The van der Waals surface area contributed by atoms with E-state index in [2.05, 4.69) is 11.8 Å². The van der Waals surface area contributed by atoms with E-state index in [1.165, 1.54) is 7.11 Å². The smallest absolute Gasteiger partial charge is 0.248 e. The quantitative estimate of drug-likeness (QED) is 0.612. The van der Waals surface area contributed by atoms with Gasteiger partial charge in [0.25, 0.3) is 0 Å². The number of methoxy groups -OCH3 is 2. The summed E-state index contributed by atoms with van der Waals surface area (Å²) in [5.74, 6) is 0.536. The molecule has 1 amide bonds. The summed E-state index contributed by atoms with van der Waals surface area (Å²) in [7, 11) is 3.08. The molecule has 4 rings (SSSR count). The van der Waals surface area contributed by atoms with E-state index in [1.807, 2.05) is 33.8 Å². The van der Waals surface area contributed by atoms with Crippen LogP contribution in [0, 0.1) is 0 Å². The minimum atomic E-state index is -0.147. The number of aliphatic hydroxyl groups excluding tert-OH is 1. The highest BCUT2D eigenvalue weighted by atomic mass is 35.5. The number of carbonyl (C=O) groups excluding carboxylic acids is 1. The Bertz CT molecular complexity index is 1130. The van der Waals surface area contributed by atoms with Gasteiger partial charge in [0.05, 0.1) is 24.4 Å². The number of carbonyl (C=O) groups is 1. The molecule has 1 fully saturated rings. The van der Waals surface area contributed by atoms with Crippen LogP contribution >= 0.6 is 11.6 Å². The maximum Gasteiger partial charge on any atom is 0.248 e. The van der Waals surface area contributed by atoms with Crippen LogP contribution in [-0.4, -0.2) is 71.8 Å². The fourth-order valence-corrected chi connectivity index (χ4v) is 4.43. The third-order valence-corrected chi connectivity index (χ3v) is 6.14. The first-order valence-corrected chi connectivity index (χ1v) is 10.8. The van der Waals surface area contributed by atoms with E-state index in [0.717, 1.165) is 35.7 Å². The molecule has 0 spiro atoms. The maximum atomic E-state index is 12.2. The van der Waals surface area contributed by atoms with Crippen molar-refractivity contribution < 1.29 is 19.4 Å². The molecule has 1 unspecified atom stereocenters. The van der Waals surface area contributed by atoms with Gasteiger partial charge in [0.15, 0.2) is 0 Å². The number of hydrogen-bond donors (Lipinski definition) is 1. The lowest BCUT2D eigenvalue weighted by Gasteiger charge is -2.41. The number of rotatable bonds is 6. The van der Waals surface area contributed by atoms with Crippen molar-refractivity contribution >= 4 is 28.8 Å². The number of fused-ring (bicyclic) bond motifs is 1. The molecule has 0 radical (unpaired) electrons. The summed E-state index contributed by atoms with van der Waals surface area (Å²) in [5.41, 5.74) is 4.02. The minimum Gasteiger partial charge on any atom is -0.495 e. The van der Waals surface area contributed by atoms with Gasteiger partial charge in [-0.05, 0) is 30.7 Å². The van der Waals surface area contributed by atoms with Gasteiger partial charge in [-0.1, -0.05) is 11.6 Å². The molecule has 1 atom stereocenters. The molecule has 32 heavy (non-hydrogen) atoms. The van der Waals surface area contributed by atoms with Crippen LogP contribution in [0.4, 0.5) is 5.69 Å². The molecule has 0 saturated carbocycles. The molecule has 1 aliphatic rings. The van der Waals surface area contributed by atoms with Crippen molar-refractivity contribution in [2.45, 2.75) is 19.6 Å². The van der Waals surface area contributed by atoms with Crippen molar-refractivity contribution in [2.24, 2.45) is 0 Å². The average molecular weight is 459 g/mol. The van der Waals surface area contributed by atoms with Crippen LogP contribution in [0.2, 0.25) is 5.02 Å². The number of halogens is 1. The van der Waals surface area contributed by atoms with Crippen molar-refractivity contribution in [1.82, 2.24) is 14.3 Å². The van der Waals surface area contributed by atoms with Crippen LogP contribution < -0.4 is 9.64 Å². The molecule has 1 aromatic carbocycles. The topological polar surface area (TPSA) is 79.5 Å². The number of nitrogens with zero attached hydrogens (tertiary/aromatic N) is 4. The van der Waals surface area contributed by atoms with Gasteiger partial charge >= 0.3 is 0 Å². The van der Waals surface area contributed by atoms with E-state index in [4.69, 9.17) is 26.1 Å². The molecule has 2 aromatic heterocycles. The van der Waals surface area contributed by atoms with Gasteiger partial charge < -0.3 is 28.8 Å². The van der Waals surface area contributed by atoms with E-state index in [9.17, 15) is 9.90 Å². The highest BCUT2D eigenvalue weighted by Crippen LogP contribution is 2.34. The third-order valence-electron chi connectivity index (χ3n) is 5.85. The van der Waals surface area contributed by atoms with E-state index in [0.29, 0.717) is 22.9 Å². The fourth-order valence-electron chi connectivity index (χ4n) is 4.19. The fraction of sp³-hybridized carbons (Fsp3) is 0.391. The van der Waals surface area contributed by atoms with Crippen LogP contribution in [0.3, 0.4) is 0 Å². The summed E-state index contributed by atoms with van der Waals surface area (Å²) in [4.78, 5) is 21.1. The first kappa shape index (κ1) is 22.4. The predicted molar refractivity (Wildman–Crippen MR) is 123 cm³/mol. The van der Waals surface area contributed by atoms with Crippen LogP contribution in [0.1, 0.15) is 12.5 Å². The van der Waals surface area contributed by atoms with E-state index < -0.39 is 0 Å². The summed E-state index contributed by atoms with van der Waals surface area (Å²) in [6.07, 6.45) is 3.89. The Kier molecular flexibility index (Phi) is 6.55. The molecule has 1 saturated heterocycles. The molecule has 1 N–H and O–H groups in total. The predicted octanol–water partition coefficient (Wildman–Crippen LogP) is 2.84. The number of piperazine rings is 1. The number of ether oxygens (including phenoxy) is 2. The Labute approximate surface area is 191 Å². The summed E-state index contributed by atoms with van der Waals surface area (Å²) in [6.45, 7) is 4.15. The second-order valence-electron chi connectivity index (χ2n) is 7.89. The van der Waals surface area contributed by atoms with Crippen LogP contribution in [-0.2, 0) is 16.1 Å². The monoisotopic (exact) mass is 458 g/mol. The highest BCUT2D eigenvalue weighted by Gasteiger charge is 2.27. The van der Waals surface area contributed by atoms with Crippen LogP contribution in [0.15, 0.2) is 36.7 Å². The second-order valence-corrected chi connectivity index (χ2v) is 8.30. The first-order valence-electron chi connectivity index (χ1n) is 10.4. The van der Waals surface area contributed by atoms with Crippen molar-refractivity contribution in [3.05, 3.63) is 47.2 Å². The molecule has 8 nitrogen and oxygen atoms in total. The van der Waals surface area contributed by atoms with Crippen molar-refractivity contribution in [1.29, 1.82) is 0 Å². The number of anilines is 1. The lowest BCUT2D eigenvalue weighted by atomic mass is 10.1. The Balaban J connectivity index is 1.60. The molecular weight excluding hydrogens is 432 g/mol. The maximum absolute atomic E-state index is 12.2. The molecule has 1 aliphatic heterocycles. The zero-order chi connectivity index (χ0) is 22.8. The van der Waals surface area contributed by atoms with Crippen LogP contribution in [0.5, 0.6) is 5.75 Å². The molecular formula is C23H27ClN4O4. The van der Waals surface area contributed by atoms with Gasteiger partial charge in [-0.3, -0.25) is 4.79 Å². The molecule has 3 aromatic rings. The SMILES string of the molecule is COCC(=O)N1CCN(c2ccn3cc(-c4cc(Cl)c(OC)cc4CO)nc3c2)CC1C. The number of pyridine rings is 1. The lowest BCUT2D eigenvalue weighted by Crippen LogP contribution is -2.54. The zero-order valence-corrected chi connectivity index (χ0v) is 19.2. The summed E-state index contributed by atoms with van der Waals surface area (Å²) >= 11 is 6.32. The average Bonchev–Trinajstić information content (AvgIpc) is 3.22. The molecule has 3 heterocycles. The van der Waals surface area contributed by atoms with Crippen molar-refractivity contribution in [2.75, 3.05) is 45.4 Å². The highest BCUT2D eigenvalue weighted by molar-refractivity contribution is 6.32. The Morgan fingerprint density at radius 3 is 2.78 bits per heavy atom. The summed E-state index contributed by atoms with van der Waals surface area (Å²) < 4.78 is 12.2. The van der Waals surface area contributed by atoms with Gasteiger partial charge in [-0.25, -0.2) is 4.98 Å². The normalized spacial score (nSPS) is 16.6. The van der Waals surface area contributed by atoms with Crippen molar-refractivity contribution in [3.8, 4) is 17.0 Å². The van der Waals surface area contributed by atoms with Gasteiger partial charge in [-0.2, -0.15) is 0 Å². The van der Waals surface area contributed by atoms with Gasteiger partial charge in [0.2, 0.25) is 5.91 Å². The van der Waals surface area contributed by atoms with E-state index in [-0.39, 0.29) is 25.2 Å². The minimum absolute atomic E-state index is 0.0193. The number of benzene rings is 1. The molecule has 0 bridgehead atoms. The molecule has 0 aliphatic carbocycles. The number of aromatic nitrogens is 2. The third kappa shape index (κ3) is 4.26. The lowest BCUT2D eigenvalue weighted by molar-refractivity contribution is -0.137.